The molecule has 4 N–H and O–H groups in total. The van der Waals surface area contributed by atoms with Crippen LogP contribution in [0.2, 0.25) is 0 Å². The molecule has 2 amide bonds. The Morgan fingerprint density at radius 1 is 1.79 bits per heavy atom. The second-order valence-electron chi connectivity index (χ2n) is 2.74. The zero-order valence-corrected chi connectivity index (χ0v) is 8.73. The van der Waals surface area contributed by atoms with E-state index in [-0.39, 0.29) is 0 Å². The molecule has 7 heteroatoms. The van der Waals surface area contributed by atoms with Crippen molar-refractivity contribution in [3.05, 3.63) is 10.6 Å². The maximum Gasteiger partial charge on any atom is 0.312 e. The first-order valence-electron chi connectivity index (χ1n) is 4.32. The summed E-state index contributed by atoms with van der Waals surface area (Å²) in [6, 6.07) is -0.530. The topological polar surface area (TPSA) is 88.7 Å². The first-order chi connectivity index (χ1) is 6.65. The summed E-state index contributed by atoms with van der Waals surface area (Å²) >= 11 is 5.02. The van der Waals surface area contributed by atoms with Gasteiger partial charge >= 0.3 is 6.03 Å². The first-order valence-corrected chi connectivity index (χ1v) is 4.73. The van der Waals surface area contributed by atoms with E-state index in [0.717, 1.165) is 12.2 Å². The average Bonchev–Trinajstić information content (AvgIpc) is 2.47. The zero-order valence-electron chi connectivity index (χ0n) is 7.91. The number of carbonyl (C=O) groups is 1. The van der Waals surface area contributed by atoms with Crippen LogP contribution in [0.1, 0.15) is 12.7 Å². The van der Waals surface area contributed by atoms with Gasteiger partial charge in [-0.3, -0.25) is 5.10 Å². The highest BCUT2D eigenvalue weighted by Crippen LogP contribution is 1.97. The summed E-state index contributed by atoms with van der Waals surface area (Å²) in [4.78, 5) is 10.4. The van der Waals surface area contributed by atoms with Crippen LogP contribution in [-0.4, -0.2) is 27.3 Å². The number of carbonyl (C=O) groups excluding carboxylic acids is 1. The number of aryl methyl sites for hydroxylation is 1. The molecule has 0 aromatic carbocycles. The van der Waals surface area contributed by atoms with E-state index in [9.17, 15) is 4.79 Å². The number of aromatic amines is 1. The molecule has 0 unspecified atom stereocenters. The normalized spacial score (nSPS) is 10.1. The summed E-state index contributed by atoms with van der Waals surface area (Å²) in [6.45, 7) is 3.03. The average molecular weight is 215 g/mol. The smallest absolute Gasteiger partial charge is 0.312 e. The molecule has 0 aliphatic heterocycles. The van der Waals surface area contributed by atoms with Crippen molar-refractivity contribution in [3.8, 4) is 0 Å². The Bertz CT molecular complexity index is 368. The molecule has 0 aliphatic rings. The fourth-order valence-corrected chi connectivity index (χ4v) is 1.38. The lowest BCUT2D eigenvalue weighted by molar-refractivity contribution is 0.248. The molecule has 1 aromatic rings. The molecule has 78 valence electrons. The Morgan fingerprint density at radius 3 is 3.07 bits per heavy atom. The van der Waals surface area contributed by atoms with E-state index in [1.54, 1.807) is 0 Å². The fraction of sp³-hybridized carbons (Fsp3) is 0.571. The summed E-state index contributed by atoms with van der Waals surface area (Å²) in [5.41, 5.74) is 4.93. The Hall–Kier alpha value is -1.37. The Morgan fingerprint density at radius 2 is 2.50 bits per heavy atom. The molecule has 0 spiro atoms. The van der Waals surface area contributed by atoms with E-state index in [4.69, 9.17) is 18.0 Å². The van der Waals surface area contributed by atoms with Gasteiger partial charge in [0.15, 0.2) is 4.77 Å². The molecule has 14 heavy (non-hydrogen) atoms. The lowest BCUT2D eigenvalue weighted by Gasteiger charge is -2.05. The van der Waals surface area contributed by atoms with E-state index in [1.165, 1.54) is 0 Å². The SMILES string of the molecule is CCc1n[nH]c(=S)n1CCNC(N)=O. The number of rotatable bonds is 4. The largest absolute Gasteiger partial charge is 0.352 e. The van der Waals surface area contributed by atoms with Gasteiger partial charge in [0.2, 0.25) is 0 Å². The van der Waals surface area contributed by atoms with Crippen LogP contribution in [-0.2, 0) is 13.0 Å². The number of nitrogens with one attached hydrogen (secondary N) is 2. The molecule has 0 atom stereocenters. The molecule has 0 fully saturated rings. The standard InChI is InChI=1S/C7H13N5OS/c1-2-5-10-11-7(14)12(5)4-3-9-6(8)13/h2-4H2,1H3,(H,11,14)(H3,8,9,13). The number of aromatic nitrogens is 3. The molecule has 0 bridgehead atoms. The summed E-state index contributed by atoms with van der Waals surface area (Å²) in [7, 11) is 0. The van der Waals surface area contributed by atoms with Gasteiger partial charge in [-0.05, 0) is 12.2 Å². The highest BCUT2D eigenvalue weighted by Gasteiger charge is 2.02. The number of urea groups is 1. The minimum atomic E-state index is -0.530. The summed E-state index contributed by atoms with van der Waals surface area (Å²) in [6.07, 6.45) is 0.795. The highest BCUT2D eigenvalue weighted by atomic mass is 32.1. The number of primary amides is 1. The number of H-pyrrole nitrogens is 1. The quantitative estimate of drug-likeness (QED) is 0.625. The van der Waals surface area contributed by atoms with Crippen molar-refractivity contribution in [2.75, 3.05) is 6.54 Å². The predicted octanol–water partition coefficient (Wildman–Crippen LogP) is 0.171. The van der Waals surface area contributed by atoms with Gasteiger partial charge in [0.25, 0.3) is 0 Å². The number of amides is 2. The maximum absolute atomic E-state index is 10.4. The van der Waals surface area contributed by atoms with Crippen LogP contribution >= 0.6 is 12.2 Å². The van der Waals surface area contributed by atoms with Crippen molar-refractivity contribution in [2.45, 2.75) is 19.9 Å². The third kappa shape index (κ3) is 2.56. The van der Waals surface area contributed by atoms with Crippen LogP contribution in [0.3, 0.4) is 0 Å². The third-order valence-corrected chi connectivity index (χ3v) is 2.10. The van der Waals surface area contributed by atoms with Crippen molar-refractivity contribution in [2.24, 2.45) is 5.73 Å². The third-order valence-electron chi connectivity index (χ3n) is 1.79. The zero-order chi connectivity index (χ0) is 10.6. The molecule has 0 aliphatic carbocycles. The van der Waals surface area contributed by atoms with Crippen LogP contribution in [0.15, 0.2) is 0 Å². The molecular formula is C7H13N5OS. The summed E-state index contributed by atoms with van der Waals surface area (Å²) in [5.74, 6) is 0.876. The van der Waals surface area contributed by atoms with E-state index in [1.807, 2.05) is 11.5 Å². The van der Waals surface area contributed by atoms with Crippen molar-refractivity contribution >= 4 is 18.2 Å². The van der Waals surface area contributed by atoms with E-state index < -0.39 is 6.03 Å². The van der Waals surface area contributed by atoms with Gasteiger partial charge in [-0.25, -0.2) is 4.79 Å². The van der Waals surface area contributed by atoms with Crippen molar-refractivity contribution in [3.63, 3.8) is 0 Å². The Kier molecular flexibility index (Phi) is 3.63. The summed E-state index contributed by atoms with van der Waals surface area (Å²) in [5, 5.41) is 9.22. The monoisotopic (exact) mass is 215 g/mol. The number of hydrogen-bond donors (Lipinski definition) is 3. The van der Waals surface area contributed by atoms with E-state index >= 15 is 0 Å². The first kappa shape index (κ1) is 10.7. The number of nitrogens with zero attached hydrogens (tertiary/aromatic N) is 2. The molecule has 1 heterocycles. The van der Waals surface area contributed by atoms with Gasteiger partial charge < -0.3 is 15.6 Å². The minimum absolute atomic E-state index is 0.455. The lowest BCUT2D eigenvalue weighted by Crippen LogP contribution is -2.32. The van der Waals surface area contributed by atoms with Crippen LogP contribution in [0, 0.1) is 4.77 Å². The van der Waals surface area contributed by atoms with Crippen molar-refractivity contribution < 1.29 is 4.79 Å². The number of hydrogen-bond acceptors (Lipinski definition) is 3. The van der Waals surface area contributed by atoms with Crippen molar-refractivity contribution in [1.82, 2.24) is 20.1 Å². The van der Waals surface area contributed by atoms with E-state index in [2.05, 4.69) is 15.5 Å². The Balaban J connectivity index is 2.61. The molecule has 1 rings (SSSR count). The van der Waals surface area contributed by atoms with Gasteiger partial charge in [-0.15, -0.1) is 0 Å². The van der Waals surface area contributed by atoms with Gasteiger partial charge in [-0.2, -0.15) is 5.10 Å². The molecule has 0 saturated carbocycles. The number of nitrogens with two attached hydrogens (primary N) is 1. The van der Waals surface area contributed by atoms with Gasteiger partial charge in [-0.1, -0.05) is 6.92 Å². The summed E-state index contributed by atoms with van der Waals surface area (Å²) < 4.78 is 2.40. The van der Waals surface area contributed by atoms with Gasteiger partial charge in [0, 0.05) is 19.5 Å². The minimum Gasteiger partial charge on any atom is -0.352 e. The maximum atomic E-state index is 10.4. The van der Waals surface area contributed by atoms with E-state index in [0.29, 0.717) is 17.9 Å². The lowest BCUT2D eigenvalue weighted by atomic mass is 10.4. The van der Waals surface area contributed by atoms with Gasteiger partial charge in [0.05, 0.1) is 0 Å². The Labute approximate surface area is 86.5 Å². The fourth-order valence-electron chi connectivity index (χ4n) is 1.14. The highest BCUT2D eigenvalue weighted by molar-refractivity contribution is 7.71. The molecule has 0 radical (unpaired) electrons. The van der Waals surface area contributed by atoms with Crippen LogP contribution in [0.5, 0.6) is 0 Å². The molecule has 1 aromatic heterocycles. The van der Waals surface area contributed by atoms with Crippen LogP contribution in [0.25, 0.3) is 0 Å². The molecule has 6 nitrogen and oxygen atoms in total. The predicted molar refractivity (Wildman–Crippen MR) is 54.4 cm³/mol. The second kappa shape index (κ2) is 4.75. The van der Waals surface area contributed by atoms with Crippen LogP contribution in [0.4, 0.5) is 4.79 Å². The second-order valence-corrected chi connectivity index (χ2v) is 3.13. The molecule has 0 saturated heterocycles. The van der Waals surface area contributed by atoms with Gasteiger partial charge in [0.1, 0.15) is 5.82 Å². The van der Waals surface area contributed by atoms with Crippen molar-refractivity contribution in [1.29, 1.82) is 0 Å². The van der Waals surface area contributed by atoms with Crippen LogP contribution < -0.4 is 11.1 Å². The molecular weight excluding hydrogens is 202 g/mol.